The number of aliphatic hydroxyl groups excluding tert-OH is 1. The second-order valence-corrected chi connectivity index (χ2v) is 5.62. The van der Waals surface area contributed by atoms with Crippen LogP contribution in [0, 0.1) is 11.3 Å². The second kappa shape index (κ2) is 4.14. The third-order valence-electron chi connectivity index (χ3n) is 3.52. The van der Waals surface area contributed by atoms with E-state index in [2.05, 4.69) is 12.1 Å². The van der Waals surface area contributed by atoms with Gasteiger partial charge in [-0.2, -0.15) is 5.26 Å². The van der Waals surface area contributed by atoms with Gasteiger partial charge >= 0.3 is 0 Å². The fraction of sp³-hybridized carbons (Fsp3) is 0.357. The minimum Gasteiger partial charge on any atom is -0.396 e. The largest absolute Gasteiger partial charge is 0.396 e. The minimum atomic E-state index is 0.241. The summed E-state index contributed by atoms with van der Waals surface area (Å²) in [6.07, 6.45) is 3.35. The highest BCUT2D eigenvalue weighted by molar-refractivity contribution is 7.19. The van der Waals surface area contributed by atoms with Crippen LogP contribution in [0.25, 0.3) is 10.1 Å². The molecule has 0 radical (unpaired) electrons. The Morgan fingerprint density at radius 2 is 2.35 bits per heavy atom. The van der Waals surface area contributed by atoms with E-state index >= 15 is 0 Å². The van der Waals surface area contributed by atoms with Gasteiger partial charge in [0.15, 0.2) is 0 Å². The highest BCUT2D eigenvalue weighted by Crippen LogP contribution is 2.42. The summed E-state index contributed by atoms with van der Waals surface area (Å²) in [4.78, 5) is 1.34. The average Bonchev–Trinajstić information content (AvgIpc) is 2.75. The van der Waals surface area contributed by atoms with Crippen LogP contribution < -0.4 is 0 Å². The van der Waals surface area contributed by atoms with E-state index in [1.54, 1.807) is 11.3 Å². The summed E-state index contributed by atoms with van der Waals surface area (Å²) in [7, 11) is 0. The van der Waals surface area contributed by atoms with Crippen molar-refractivity contribution in [2.24, 2.45) is 0 Å². The molecule has 3 rings (SSSR count). The molecule has 17 heavy (non-hydrogen) atoms. The number of thiophene rings is 1. The van der Waals surface area contributed by atoms with E-state index in [-0.39, 0.29) is 6.61 Å². The van der Waals surface area contributed by atoms with Crippen molar-refractivity contribution < 1.29 is 5.11 Å². The molecule has 1 aliphatic rings. The maximum Gasteiger partial charge on any atom is 0.0992 e. The van der Waals surface area contributed by atoms with Crippen molar-refractivity contribution in [2.75, 3.05) is 6.61 Å². The van der Waals surface area contributed by atoms with Crippen LogP contribution in [-0.4, -0.2) is 11.7 Å². The van der Waals surface area contributed by atoms with Crippen molar-refractivity contribution in [1.29, 1.82) is 5.26 Å². The predicted octanol–water partition coefficient (Wildman–Crippen LogP) is 3.19. The molecule has 1 N–H and O–H groups in total. The van der Waals surface area contributed by atoms with E-state index in [9.17, 15) is 5.11 Å². The molecule has 86 valence electrons. The van der Waals surface area contributed by atoms with Crippen molar-refractivity contribution in [3.63, 3.8) is 0 Å². The van der Waals surface area contributed by atoms with Gasteiger partial charge in [0.25, 0.3) is 0 Å². The van der Waals surface area contributed by atoms with Crippen molar-refractivity contribution >= 4 is 21.4 Å². The van der Waals surface area contributed by atoms with Gasteiger partial charge in [0.05, 0.1) is 18.2 Å². The molecule has 1 aromatic heterocycles. The first-order valence-corrected chi connectivity index (χ1v) is 6.71. The third-order valence-corrected chi connectivity index (χ3v) is 4.88. The Kier molecular flexibility index (Phi) is 2.62. The lowest BCUT2D eigenvalue weighted by molar-refractivity contribution is 0.255. The summed E-state index contributed by atoms with van der Waals surface area (Å²) >= 11 is 1.75. The molecule has 1 heterocycles. The minimum absolute atomic E-state index is 0.241. The summed E-state index contributed by atoms with van der Waals surface area (Å²) in [6, 6.07) is 8.09. The lowest BCUT2D eigenvalue weighted by Gasteiger charge is -2.20. The van der Waals surface area contributed by atoms with Crippen LogP contribution in [-0.2, 0) is 6.42 Å². The first-order valence-electron chi connectivity index (χ1n) is 5.89. The number of hydrogen-bond acceptors (Lipinski definition) is 3. The van der Waals surface area contributed by atoms with Gasteiger partial charge in [0.2, 0.25) is 0 Å². The molecular weight excluding hydrogens is 230 g/mol. The van der Waals surface area contributed by atoms with Gasteiger partial charge in [0, 0.05) is 15.5 Å². The molecule has 0 unspecified atom stereocenters. The second-order valence-electron chi connectivity index (χ2n) is 4.54. The van der Waals surface area contributed by atoms with Gasteiger partial charge in [0.1, 0.15) is 0 Å². The van der Waals surface area contributed by atoms with Crippen LogP contribution >= 0.6 is 11.3 Å². The van der Waals surface area contributed by atoms with Gasteiger partial charge in [-0.1, -0.05) is 6.07 Å². The van der Waals surface area contributed by atoms with Gasteiger partial charge in [-0.3, -0.25) is 0 Å². The number of aliphatic hydroxyl groups is 1. The summed E-state index contributed by atoms with van der Waals surface area (Å²) < 4.78 is 1.19. The van der Waals surface area contributed by atoms with Crippen molar-refractivity contribution in [3.8, 4) is 6.07 Å². The molecule has 1 aliphatic carbocycles. The molecule has 3 heteroatoms. The third kappa shape index (κ3) is 1.65. The van der Waals surface area contributed by atoms with Crippen molar-refractivity contribution in [3.05, 3.63) is 34.2 Å². The van der Waals surface area contributed by atoms with Gasteiger partial charge in [-0.15, -0.1) is 11.3 Å². The Labute approximate surface area is 104 Å². The Bertz CT molecular complexity index is 608. The summed E-state index contributed by atoms with van der Waals surface area (Å²) in [5, 5.41) is 19.6. The molecular formula is C14H13NOS. The highest BCUT2D eigenvalue weighted by Gasteiger charge is 2.23. The van der Waals surface area contributed by atoms with Crippen LogP contribution in [0.4, 0.5) is 0 Å². The van der Waals surface area contributed by atoms with Crippen LogP contribution in [0.2, 0.25) is 0 Å². The highest BCUT2D eigenvalue weighted by atomic mass is 32.1. The standard InChI is InChI=1S/C14H13NOS/c15-7-9-4-5-11-12-3-1-2-10(8-16)14(12)17-13(11)6-9/h4-6,10,16H,1-3,8H2/t10-/m0/s1. The maximum atomic E-state index is 9.42. The fourth-order valence-electron chi connectivity index (χ4n) is 2.66. The number of rotatable bonds is 1. The van der Waals surface area contributed by atoms with Crippen molar-refractivity contribution in [1.82, 2.24) is 0 Å². The van der Waals surface area contributed by atoms with E-state index in [0.717, 1.165) is 24.8 Å². The number of fused-ring (bicyclic) bond motifs is 3. The lowest BCUT2D eigenvalue weighted by atomic mass is 9.88. The number of nitrogens with zero attached hydrogens (tertiary/aromatic N) is 1. The number of aryl methyl sites for hydroxylation is 1. The Morgan fingerprint density at radius 1 is 1.47 bits per heavy atom. The summed E-state index contributed by atoms with van der Waals surface area (Å²) in [6.45, 7) is 0.241. The van der Waals surface area contributed by atoms with Gasteiger partial charge in [-0.05, 0) is 42.3 Å². The molecule has 1 atom stereocenters. The van der Waals surface area contributed by atoms with E-state index in [1.807, 2.05) is 12.1 Å². The summed E-state index contributed by atoms with van der Waals surface area (Å²) in [5.74, 6) is 0.307. The number of hydrogen-bond donors (Lipinski definition) is 1. The van der Waals surface area contributed by atoms with E-state index < -0.39 is 0 Å². The zero-order chi connectivity index (χ0) is 11.8. The van der Waals surface area contributed by atoms with E-state index in [0.29, 0.717) is 5.92 Å². The molecule has 0 aliphatic heterocycles. The first-order chi connectivity index (χ1) is 8.33. The molecule has 0 saturated heterocycles. The molecule has 2 nitrogen and oxygen atoms in total. The van der Waals surface area contributed by atoms with Gasteiger partial charge in [-0.25, -0.2) is 0 Å². The normalized spacial score (nSPS) is 18.9. The van der Waals surface area contributed by atoms with Crippen LogP contribution in [0.3, 0.4) is 0 Å². The number of nitriles is 1. The Balaban J connectivity index is 2.22. The van der Waals surface area contributed by atoms with Crippen molar-refractivity contribution in [2.45, 2.75) is 25.2 Å². The predicted molar refractivity (Wildman–Crippen MR) is 69.3 cm³/mol. The first kappa shape index (κ1) is 10.8. The maximum absolute atomic E-state index is 9.42. The molecule has 0 bridgehead atoms. The zero-order valence-electron chi connectivity index (χ0n) is 9.44. The SMILES string of the molecule is N#Cc1ccc2c3c(sc2c1)[C@H](CO)CCC3. The number of benzene rings is 1. The van der Waals surface area contributed by atoms with Gasteiger partial charge < -0.3 is 5.11 Å². The fourth-order valence-corrected chi connectivity index (χ4v) is 4.07. The Hall–Kier alpha value is -1.37. The quantitative estimate of drug-likeness (QED) is 0.836. The molecule has 0 fully saturated rings. The molecule has 1 aromatic carbocycles. The molecule has 0 amide bonds. The van der Waals surface area contributed by atoms with Crippen LogP contribution in [0.15, 0.2) is 18.2 Å². The van der Waals surface area contributed by atoms with E-state index in [4.69, 9.17) is 5.26 Å². The molecule has 0 spiro atoms. The average molecular weight is 243 g/mol. The smallest absolute Gasteiger partial charge is 0.0992 e. The lowest BCUT2D eigenvalue weighted by Crippen LogP contribution is -2.10. The van der Waals surface area contributed by atoms with E-state index in [1.165, 1.54) is 20.5 Å². The monoisotopic (exact) mass is 243 g/mol. The summed E-state index contributed by atoms with van der Waals surface area (Å²) in [5.41, 5.74) is 2.12. The Morgan fingerprint density at radius 3 is 3.12 bits per heavy atom. The van der Waals surface area contributed by atoms with Crippen LogP contribution in [0.5, 0.6) is 0 Å². The van der Waals surface area contributed by atoms with Crippen LogP contribution in [0.1, 0.15) is 34.8 Å². The topological polar surface area (TPSA) is 44.0 Å². The molecule has 2 aromatic rings. The zero-order valence-corrected chi connectivity index (χ0v) is 10.3. The molecule has 0 saturated carbocycles.